The molecule has 1 aromatic heterocycles. The Balaban J connectivity index is 1.77. The number of anilines is 1. The minimum atomic E-state index is 0.231. The van der Waals surface area contributed by atoms with Crippen LogP contribution in [0.25, 0.3) is 0 Å². The van der Waals surface area contributed by atoms with Gasteiger partial charge in [0.1, 0.15) is 17.7 Å². The number of ether oxygens (including phenoxy) is 1. The van der Waals surface area contributed by atoms with E-state index in [-0.39, 0.29) is 6.10 Å². The number of nitrogens with one attached hydrogen (secondary N) is 3. The van der Waals surface area contributed by atoms with Crippen LogP contribution in [0.4, 0.5) is 5.69 Å². The van der Waals surface area contributed by atoms with E-state index in [0.717, 1.165) is 41.4 Å². The highest BCUT2D eigenvalue weighted by molar-refractivity contribution is 7.12. The van der Waals surface area contributed by atoms with Gasteiger partial charge < -0.3 is 15.4 Å². The second kappa shape index (κ2) is 6.28. The Kier molecular flexibility index (Phi) is 4.22. The Labute approximate surface area is 128 Å². The van der Waals surface area contributed by atoms with Crippen molar-refractivity contribution in [2.45, 2.75) is 26.0 Å². The maximum Gasteiger partial charge on any atom is 0.140 e. The fourth-order valence-corrected chi connectivity index (χ4v) is 2.98. The molecule has 1 unspecified atom stereocenters. The van der Waals surface area contributed by atoms with Crippen LogP contribution in [0, 0.1) is 5.41 Å². The third-order valence-corrected chi connectivity index (χ3v) is 4.42. The predicted molar refractivity (Wildman–Crippen MR) is 87.6 cm³/mol. The average Bonchev–Trinajstić information content (AvgIpc) is 2.95. The summed E-state index contributed by atoms with van der Waals surface area (Å²) in [7, 11) is 0. The second-order valence-electron chi connectivity index (χ2n) is 5.08. The summed E-state index contributed by atoms with van der Waals surface area (Å²) in [4.78, 5) is 0.936. The SMILES string of the molecule is CCC1CNCc2cc(NC(=N)c3cccs3)ccc2O1. The Morgan fingerprint density at radius 2 is 2.38 bits per heavy atom. The van der Waals surface area contributed by atoms with Gasteiger partial charge in [-0.15, -0.1) is 11.3 Å². The molecule has 1 aliphatic heterocycles. The van der Waals surface area contributed by atoms with Crippen molar-refractivity contribution >= 4 is 22.9 Å². The van der Waals surface area contributed by atoms with Crippen LogP contribution in [0.15, 0.2) is 35.7 Å². The number of fused-ring (bicyclic) bond motifs is 1. The zero-order valence-corrected chi connectivity index (χ0v) is 12.8. The molecular formula is C16H19N3OS. The maximum atomic E-state index is 8.08. The second-order valence-corrected chi connectivity index (χ2v) is 6.03. The van der Waals surface area contributed by atoms with Crippen molar-refractivity contribution in [3.8, 4) is 5.75 Å². The van der Waals surface area contributed by atoms with Gasteiger partial charge >= 0.3 is 0 Å². The molecule has 3 rings (SSSR count). The lowest BCUT2D eigenvalue weighted by Gasteiger charge is -2.15. The highest BCUT2D eigenvalue weighted by Gasteiger charge is 2.16. The van der Waals surface area contributed by atoms with Gasteiger partial charge in [-0.2, -0.15) is 0 Å². The van der Waals surface area contributed by atoms with Crippen molar-refractivity contribution < 1.29 is 4.74 Å². The molecule has 0 fully saturated rings. The molecular weight excluding hydrogens is 282 g/mol. The molecule has 1 aromatic carbocycles. The molecule has 0 spiro atoms. The first kappa shape index (κ1) is 14.1. The van der Waals surface area contributed by atoms with Gasteiger partial charge in [-0.25, -0.2) is 0 Å². The van der Waals surface area contributed by atoms with E-state index in [9.17, 15) is 0 Å². The molecule has 0 saturated heterocycles. The van der Waals surface area contributed by atoms with E-state index in [1.165, 1.54) is 0 Å². The number of hydrogen-bond donors (Lipinski definition) is 3. The summed E-state index contributed by atoms with van der Waals surface area (Å²) in [5.41, 5.74) is 2.06. The zero-order valence-electron chi connectivity index (χ0n) is 12.0. The summed E-state index contributed by atoms with van der Waals surface area (Å²) in [6.45, 7) is 3.81. The first-order chi connectivity index (χ1) is 10.3. The van der Waals surface area contributed by atoms with Crippen LogP contribution < -0.4 is 15.4 Å². The highest BCUT2D eigenvalue weighted by atomic mass is 32.1. The van der Waals surface area contributed by atoms with Crippen LogP contribution in [-0.2, 0) is 6.54 Å². The van der Waals surface area contributed by atoms with Gasteiger partial charge in [0.15, 0.2) is 0 Å². The van der Waals surface area contributed by atoms with Crippen LogP contribution in [-0.4, -0.2) is 18.5 Å². The van der Waals surface area contributed by atoms with Gasteiger partial charge in [0, 0.05) is 24.3 Å². The quantitative estimate of drug-likeness (QED) is 0.601. The first-order valence-corrected chi connectivity index (χ1v) is 8.04. The average molecular weight is 301 g/mol. The topological polar surface area (TPSA) is 57.1 Å². The molecule has 110 valence electrons. The lowest BCUT2D eigenvalue weighted by atomic mass is 10.1. The maximum absolute atomic E-state index is 8.08. The molecule has 5 heteroatoms. The fraction of sp³-hybridized carbons (Fsp3) is 0.312. The Morgan fingerprint density at radius 3 is 3.14 bits per heavy atom. The van der Waals surface area contributed by atoms with Crippen LogP contribution in [0.3, 0.4) is 0 Å². The van der Waals surface area contributed by atoms with Crippen molar-refractivity contribution in [1.82, 2.24) is 5.32 Å². The zero-order chi connectivity index (χ0) is 14.7. The summed E-state index contributed by atoms with van der Waals surface area (Å²) >= 11 is 1.56. The lowest BCUT2D eigenvalue weighted by molar-refractivity contribution is 0.202. The Hall–Kier alpha value is -1.85. The summed E-state index contributed by atoms with van der Waals surface area (Å²) in [6.07, 6.45) is 1.23. The number of hydrogen-bond acceptors (Lipinski definition) is 4. The highest BCUT2D eigenvalue weighted by Crippen LogP contribution is 2.26. The Morgan fingerprint density at radius 1 is 1.48 bits per heavy atom. The number of rotatable bonds is 3. The molecule has 2 heterocycles. The molecule has 0 radical (unpaired) electrons. The van der Waals surface area contributed by atoms with Gasteiger partial charge in [-0.3, -0.25) is 5.41 Å². The third kappa shape index (κ3) is 3.25. The number of amidine groups is 1. The summed E-state index contributed by atoms with van der Waals surface area (Å²) in [5, 5.41) is 16.6. The largest absolute Gasteiger partial charge is 0.489 e. The van der Waals surface area contributed by atoms with Crippen LogP contribution in [0.2, 0.25) is 0 Å². The summed E-state index contributed by atoms with van der Waals surface area (Å²) < 4.78 is 6.00. The van der Waals surface area contributed by atoms with E-state index < -0.39 is 0 Å². The smallest absolute Gasteiger partial charge is 0.140 e. The van der Waals surface area contributed by atoms with Gasteiger partial charge in [-0.05, 0) is 36.1 Å². The molecule has 1 atom stereocenters. The van der Waals surface area contributed by atoms with E-state index in [2.05, 4.69) is 23.6 Å². The van der Waals surface area contributed by atoms with Crippen molar-refractivity contribution in [1.29, 1.82) is 5.41 Å². The van der Waals surface area contributed by atoms with Crippen LogP contribution >= 0.6 is 11.3 Å². The van der Waals surface area contributed by atoms with E-state index in [0.29, 0.717) is 5.84 Å². The van der Waals surface area contributed by atoms with Crippen molar-refractivity contribution in [3.63, 3.8) is 0 Å². The minimum absolute atomic E-state index is 0.231. The number of thiophene rings is 1. The van der Waals surface area contributed by atoms with E-state index in [1.54, 1.807) is 11.3 Å². The lowest BCUT2D eigenvalue weighted by Crippen LogP contribution is -2.27. The molecule has 0 amide bonds. The third-order valence-electron chi connectivity index (χ3n) is 3.53. The molecule has 1 aliphatic rings. The van der Waals surface area contributed by atoms with Gasteiger partial charge in [0.25, 0.3) is 0 Å². The minimum Gasteiger partial charge on any atom is -0.489 e. The molecule has 4 nitrogen and oxygen atoms in total. The molecule has 3 N–H and O–H groups in total. The van der Waals surface area contributed by atoms with E-state index in [1.807, 2.05) is 29.6 Å². The summed E-state index contributed by atoms with van der Waals surface area (Å²) in [5.74, 6) is 1.37. The van der Waals surface area contributed by atoms with Crippen molar-refractivity contribution in [2.75, 3.05) is 11.9 Å². The number of benzene rings is 1. The molecule has 0 saturated carbocycles. The molecule has 0 bridgehead atoms. The molecule has 0 aliphatic carbocycles. The molecule has 2 aromatic rings. The van der Waals surface area contributed by atoms with Gasteiger partial charge in [0.05, 0.1) is 4.88 Å². The van der Waals surface area contributed by atoms with Crippen molar-refractivity contribution in [3.05, 3.63) is 46.2 Å². The Bertz CT molecular complexity index is 624. The van der Waals surface area contributed by atoms with E-state index in [4.69, 9.17) is 10.1 Å². The van der Waals surface area contributed by atoms with Crippen LogP contribution in [0.1, 0.15) is 23.8 Å². The van der Waals surface area contributed by atoms with Gasteiger partial charge in [-0.1, -0.05) is 13.0 Å². The summed E-state index contributed by atoms with van der Waals surface area (Å²) in [6, 6.07) is 9.92. The first-order valence-electron chi connectivity index (χ1n) is 7.16. The van der Waals surface area contributed by atoms with Crippen LogP contribution in [0.5, 0.6) is 5.75 Å². The standard InChI is InChI=1S/C16H19N3OS/c1-2-13-10-18-9-11-8-12(5-6-14(11)20-13)19-16(17)15-4-3-7-21-15/h3-8,13,18H,2,9-10H2,1H3,(H2,17,19). The fourth-order valence-electron chi connectivity index (χ4n) is 2.35. The predicted octanol–water partition coefficient (Wildman–Crippen LogP) is 3.45. The van der Waals surface area contributed by atoms with Gasteiger partial charge in [0.2, 0.25) is 0 Å². The normalized spacial score (nSPS) is 17.5. The monoisotopic (exact) mass is 301 g/mol. The van der Waals surface area contributed by atoms with Crippen molar-refractivity contribution in [2.24, 2.45) is 0 Å². The van der Waals surface area contributed by atoms with E-state index >= 15 is 0 Å². The molecule has 21 heavy (non-hydrogen) atoms.